The molecule has 0 fully saturated rings. The van der Waals surface area contributed by atoms with Crippen LogP contribution in [0.2, 0.25) is 0 Å². The van der Waals surface area contributed by atoms with Gasteiger partial charge in [-0.05, 0) is 56.4 Å². The SMILES string of the molecule is Cc1ccc(C(C)(O)CC2CCOc3ccccc32)s1. The Balaban J connectivity index is 1.85. The van der Waals surface area contributed by atoms with Gasteiger partial charge in [-0.15, -0.1) is 11.3 Å². The number of benzene rings is 1. The maximum Gasteiger partial charge on any atom is 0.122 e. The van der Waals surface area contributed by atoms with Gasteiger partial charge in [0.25, 0.3) is 0 Å². The standard InChI is InChI=1S/C17H20O2S/c1-12-7-8-16(20-12)17(2,18)11-13-9-10-19-15-6-4-3-5-14(13)15/h3-8,13,18H,9-11H2,1-2H3. The molecule has 0 spiro atoms. The fourth-order valence-corrected chi connectivity index (χ4v) is 3.85. The Morgan fingerprint density at radius 2 is 2.10 bits per heavy atom. The molecule has 106 valence electrons. The molecule has 0 saturated carbocycles. The number of aryl methyl sites for hydroxylation is 1. The molecule has 2 unspecified atom stereocenters. The van der Waals surface area contributed by atoms with Gasteiger partial charge < -0.3 is 9.84 Å². The summed E-state index contributed by atoms with van der Waals surface area (Å²) in [6, 6.07) is 12.3. The van der Waals surface area contributed by atoms with Gasteiger partial charge in [-0.3, -0.25) is 0 Å². The lowest BCUT2D eigenvalue weighted by Crippen LogP contribution is -2.26. The molecule has 1 aliphatic rings. The van der Waals surface area contributed by atoms with Crippen molar-refractivity contribution in [2.75, 3.05) is 6.61 Å². The van der Waals surface area contributed by atoms with Crippen LogP contribution in [0.4, 0.5) is 0 Å². The first-order valence-electron chi connectivity index (χ1n) is 7.07. The number of ether oxygens (including phenoxy) is 1. The number of para-hydroxylation sites is 1. The van der Waals surface area contributed by atoms with Crippen molar-refractivity contribution in [1.29, 1.82) is 0 Å². The fraction of sp³-hybridized carbons (Fsp3) is 0.412. The van der Waals surface area contributed by atoms with Gasteiger partial charge >= 0.3 is 0 Å². The fourth-order valence-electron chi connectivity index (χ4n) is 2.93. The minimum Gasteiger partial charge on any atom is -0.493 e. The van der Waals surface area contributed by atoms with E-state index in [1.54, 1.807) is 11.3 Å². The molecule has 1 aromatic carbocycles. The Kier molecular flexibility index (Phi) is 3.57. The molecule has 3 rings (SSSR count). The molecule has 1 aliphatic heterocycles. The molecule has 20 heavy (non-hydrogen) atoms. The quantitative estimate of drug-likeness (QED) is 0.916. The van der Waals surface area contributed by atoms with Gasteiger partial charge in [0.05, 0.1) is 12.2 Å². The van der Waals surface area contributed by atoms with E-state index in [0.717, 1.165) is 30.1 Å². The van der Waals surface area contributed by atoms with Gasteiger partial charge in [-0.1, -0.05) is 18.2 Å². The van der Waals surface area contributed by atoms with Gasteiger partial charge in [0.2, 0.25) is 0 Å². The Morgan fingerprint density at radius 3 is 2.85 bits per heavy atom. The van der Waals surface area contributed by atoms with Crippen molar-refractivity contribution in [3.05, 3.63) is 51.7 Å². The number of thiophene rings is 1. The number of fused-ring (bicyclic) bond motifs is 1. The molecule has 2 nitrogen and oxygen atoms in total. The molecule has 0 radical (unpaired) electrons. The highest BCUT2D eigenvalue weighted by atomic mass is 32.1. The van der Waals surface area contributed by atoms with E-state index in [4.69, 9.17) is 4.74 Å². The molecule has 0 saturated heterocycles. The molecule has 2 aromatic rings. The Labute approximate surface area is 124 Å². The van der Waals surface area contributed by atoms with Gasteiger partial charge in [-0.25, -0.2) is 0 Å². The summed E-state index contributed by atoms with van der Waals surface area (Å²) in [6.45, 7) is 4.74. The van der Waals surface area contributed by atoms with Crippen LogP contribution >= 0.6 is 11.3 Å². The lowest BCUT2D eigenvalue weighted by atomic mass is 9.83. The highest BCUT2D eigenvalue weighted by Gasteiger charge is 2.32. The van der Waals surface area contributed by atoms with Crippen LogP contribution in [-0.2, 0) is 5.60 Å². The van der Waals surface area contributed by atoms with Crippen LogP contribution in [0.15, 0.2) is 36.4 Å². The van der Waals surface area contributed by atoms with E-state index in [2.05, 4.69) is 19.1 Å². The Hall–Kier alpha value is -1.32. The van der Waals surface area contributed by atoms with Crippen molar-refractivity contribution in [3.8, 4) is 5.75 Å². The minimum absolute atomic E-state index is 0.359. The van der Waals surface area contributed by atoms with Crippen molar-refractivity contribution >= 4 is 11.3 Å². The molecule has 0 amide bonds. The van der Waals surface area contributed by atoms with Crippen LogP contribution in [0.25, 0.3) is 0 Å². The molecule has 3 heteroatoms. The van der Waals surface area contributed by atoms with Gasteiger partial charge in [0.15, 0.2) is 0 Å². The zero-order chi connectivity index (χ0) is 14.2. The molecule has 1 aromatic heterocycles. The van der Waals surface area contributed by atoms with E-state index >= 15 is 0 Å². The minimum atomic E-state index is -0.770. The summed E-state index contributed by atoms with van der Waals surface area (Å²) in [7, 11) is 0. The summed E-state index contributed by atoms with van der Waals surface area (Å²) in [5.41, 5.74) is 0.459. The lowest BCUT2D eigenvalue weighted by molar-refractivity contribution is 0.0388. The van der Waals surface area contributed by atoms with Crippen LogP contribution in [0.5, 0.6) is 5.75 Å². The number of rotatable bonds is 3. The van der Waals surface area contributed by atoms with E-state index in [-0.39, 0.29) is 0 Å². The molecule has 2 heterocycles. The highest BCUT2D eigenvalue weighted by molar-refractivity contribution is 7.12. The Morgan fingerprint density at radius 1 is 1.30 bits per heavy atom. The second-order valence-electron chi connectivity index (χ2n) is 5.76. The highest BCUT2D eigenvalue weighted by Crippen LogP contribution is 2.42. The smallest absolute Gasteiger partial charge is 0.122 e. The maximum absolute atomic E-state index is 10.8. The molecular weight excluding hydrogens is 268 g/mol. The molecule has 2 atom stereocenters. The third-order valence-corrected chi connectivity index (χ3v) is 5.25. The van der Waals surface area contributed by atoms with Crippen molar-refractivity contribution in [3.63, 3.8) is 0 Å². The summed E-state index contributed by atoms with van der Waals surface area (Å²) >= 11 is 1.68. The summed E-state index contributed by atoms with van der Waals surface area (Å²) in [5.74, 6) is 1.33. The van der Waals surface area contributed by atoms with Crippen molar-refractivity contribution in [2.45, 2.75) is 38.2 Å². The lowest BCUT2D eigenvalue weighted by Gasteiger charge is -2.31. The third kappa shape index (κ3) is 2.60. The van der Waals surface area contributed by atoms with Gasteiger partial charge in [-0.2, -0.15) is 0 Å². The largest absolute Gasteiger partial charge is 0.493 e. The number of hydrogen-bond donors (Lipinski definition) is 1. The third-order valence-electron chi connectivity index (χ3n) is 4.00. The predicted molar refractivity (Wildman–Crippen MR) is 82.5 cm³/mol. The van der Waals surface area contributed by atoms with Gasteiger partial charge in [0, 0.05) is 9.75 Å². The van der Waals surface area contributed by atoms with E-state index in [0.29, 0.717) is 5.92 Å². The van der Waals surface area contributed by atoms with Crippen LogP contribution < -0.4 is 4.74 Å². The van der Waals surface area contributed by atoms with Gasteiger partial charge in [0.1, 0.15) is 5.75 Å². The predicted octanol–water partition coefficient (Wildman–Crippen LogP) is 4.22. The summed E-state index contributed by atoms with van der Waals surface area (Å²) in [5, 5.41) is 10.8. The topological polar surface area (TPSA) is 29.5 Å². The zero-order valence-electron chi connectivity index (χ0n) is 11.9. The summed E-state index contributed by atoms with van der Waals surface area (Å²) in [6.07, 6.45) is 1.71. The number of hydrogen-bond acceptors (Lipinski definition) is 3. The average Bonchev–Trinajstić information content (AvgIpc) is 2.86. The van der Waals surface area contributed by atoms with E-state index in [1.165, 1.54) is 10.4 Å². The van der Waals surface area contributed by atoms with Crippen molar-refractivity contribution < 1.29 is 9.84 Å². The number of aliphatic hydroxyl groups is 1. The van der Waals surface area contributed by atoms with Crippen molar-refractivity contribution in [2.24, 2.45) is 0 Å². The van der Waals surface area contributed by atoms with Crippen LogP contribution in [0, 0.1) is 6.92 Å². The normalized spacial score (nSPS) is 20.9. The van der Waals surface area contributed by atoms with Crippen LogP contribution in [-0.4, -0.2) is 11.7 Å². The summed E-state index contributed by atoms with van der Waals surface area (Å²) in [4.78, 5) is 2.30. The first-order valence-corrected chi connectivity index (χ1v) is 7.89. The van der Waals surface area contributed by atoms with Crippen LogP contribution in [0.3, 0.4) is 0 Å². The van der Waals surface area contributed by atoms with Crippen molar-refractivity contribution in [1.82, 2.24) is 0 Å². The van der Waals surface area contributed by atoms with E-state index in [1.807, 2.05) is 31.2 Å². The summed E-state index contributed by atoms with van der Waals surface area (Å²) < 4.78 is 5.70. The Bertz CT molecular complexity index is 601. The first kappa shape index (κ1) is 13.7. The van der Waals surface area contributed by atoms with E-state index < -0.39 is 5.60 Å². The maximum atomic E-state index is 10.8. The molecular formula is C17H20O2S. The second kappa shape index (κ2) is 5.23. The average molecular weight is 288 g/mol. The second-order valence-corrected chi connectivity index (χ2v) is 7.05. The molecule has 0 bridgehead atoms. The van der Waals surface area contributed by atoms with Crippen LogP contribution in [0.1, 0.15) is 41.0 Å². The zero-order valence-corrected chi connectivity index (χ0v) is 12.7. The first-order chi connectivity index (χ1) is 9.56. The monoisotopic (exact) mass is 288 g/mol. The molecule has 1 N–H and O–H groups in total. The van der Waals surface area contributed by atoms with E-state index in [9.17, 15) is 5.11 Å². The molecule has 0 aliphatic carbocycles.